The summed E-state index contributed by atoms with van der Waals surface area (Å²) in [5.74, 6) is -0.550. The predicted molar refractivity (Wildman–Crippen MR) is 63.6 cm³/mol. The average Bonchev–Trinajstić information content (AvgIpc) is 2.96. The number of carbonyl (C=O) groups is 1. The van der Waals surface area contributed by atoms with Gasteiger partial charge in [0.15, 0.2) is 0 Å². The monoisotopic (exact) mass is 237 g/mol. The van der Waals surface area contributed by atoms with Crippen LogP contribution >= 0.6 is 0 Å². The fourth-order valence-corrected chi connectivity index (χ4v) is 2.57. The molecule has 0 aromatic carbocycles. The highest BCUT2D eigenvalue weighted by Crippen LogP contribution is 2.31. The predicted octanol–water partition coefficient (Wildman–Crippen LogP) is 2.43. The van der Waals surface area contributed by atoms with Crippen LogP contribution in [0.4, 0.5) is 0 Å². The van der Waals surface area contributed by atoms with Crippen LogP contribution in [0.2, 0.25) is 0 Å². The molecular formula is C13H19NO3. The van der Waals surface area contributed by atoms with Crippen LogP contribution < -0.4 is 5.32 Å². The van der Waals surface area contributed by atoms with Gasteiger partial charge in [-0.3, -0.25) is 4.79 Å². The van der Waals surface area contributed by atoms with E-state index in [-0.39, 0.29) is 17.9 Å². The molecule has 4 heteroatoms. The summed E-state index contributed by atoms with van der Waals surface area (Å²) in [5, 5.41) is 12.5. The number of carboxylic acid groups (broad SMARTS) is 1. The lowest BCUT2D eigenvalue weighted by atomic mass is 9.96. The topological polar surface area (TPSA) is 62.5 Å². The molecule has 1 fully saturated rings. The van der Waals surface area contributed by atoms with Crippen LogP contribution in [0.25, 0.3) is 0 Å². The van der Waals surface area contributed by atoms with Gasteiger partial charge in [-0.15, -0.1) is 0 Å². The third kappa shape index (κ3) is 2.88. The Bertz CT molecular complexity index is 361. The minimum absolute atomic E-state index is 0.168. The number of rotatable bonds is 5. The van der Waals surface area contributed by atoms with Crippen LogP contribution in [0.3, 0.4) is 0 Å². The Morgan fingerprint density at radius 1 is 1.65 bits per heavy atom. The number of furan rings is 1. The fraction of sp³-hybridized carbons (Fsp3) is 0.615. The van der Waals surface area contributed by atoms with Gasteiger partial charge in [-0.2, -0.15) is 0 Å². The second kappa shape index (κ2) is 5.36. The highest BCUT2D eigenvalue weighted by atomic mass is 16.4. The van der Waals surface area contributed by atoms with E-state index in [2.05, 4.69) is 12.2 Å². The van der Waals surface area contributed by atoms with Gasteiger partial charge in [0.2, 0.25) is 0 Å². The molecule has 0 bridgehead atoms. The van der Waals surface area contributed by atoms with Gasteiger partial charge in [0.05, 0.1) is 18.4 Å². The van der Waals surface area contributed by atoms with E-state index in [1.165, 1.54) is 0 Å². The first-order valence-electron chi connectivity index (χ1n) is 6.16. The highest BCUT2D eigenvalue weighted by Gasteiger charge is 2.32. The summed E-state index contributed by atoms with van der Waals surface area (Å²) in [6.07, 6.45) is 6.25. The van der Waals surface area contributed by atoms with Crippen LogP contribution in [-0.2, 0) is 4.79 Å². The normalized spacial score (nSPS) is 25.9. The molecule has 3 unspecified atom stereocenters. The van der Waals surface area contributed by atoms with E-state index < -0.39 is 5.97 Å². The summed E-state index contributed by atoms with van der Waals surface area (Å²) >= 11 is 0. The van der Waals surface area contributed by atoms with Crippen molar-refractivity contribution in [2.45, 2.75) is 32.2 Å². The Morgan fingerprint density at radius 3 is 3.12 bits per heavy atom. The maximum Gasteiger partial charge on any atom is 0.306 e. The average molecular weight is 237 g/mol. The van der Waals surface area contributed by atoms with E-state index in [1.807, 2.05) is 6.07 Å². The molecule has 3 atom stereocenters. The minimum Gasteiger partial charge on any atom is -0.481 e. The lowest BCUT2D eigenvalue weighted by molar-refractivity contribution is -0.142. The second-order valence-electron chi connectivity index (χ2n) is 4.82. The van der Waals surface area contributed by atoms with Crippen molar-refractivity contribution in [2.24, 2.45) is 11.8 Å². The molecule has 0 radical (unpaired) electrons. The van der Waals surface area contributed by atoms with Gasteiger partial charge in [0.1, 0.15) is 0 Å². The molecule has 1 aromatic rings. The maximum atomic E-state index is 11.0. The van der Waals surface area contributed by atoms with Crippen molar-refractivity contribution in [3.05, 3.63) is 24.2 Å². The smallest absolute Gasteiger partial charge is 0.306 e. The molecule has 4 nitrogen and oxygen atoms in total. The molecule has 1 saturated carbocycles. The number of hydrogen-bond donors (Lipinski definition) is 2. The Hall–Kier alpha value is -1.29. The Morgan fingerprint density at radius 2 is 2.47 bits per heavy atom. The van der Waals surface area contributed by atoms with Crippen molar-refractivity contribution in [3.63, 3.8) is 0 Å². The first-order chi connectivity index (χ1) is 8.18. The van der Waals surface area contributed by atoms with E-state index in [0.29, 0.717) is 0 Å². The Balaban J connectivity index is 1.83. The van der Waals surface area contributed by atoms with E-state index in [4.69, 9.17) is 9.52 Å². The largest absolute Gasteiger partial charge is 0.481 e. The van der Waals surface area contributed by atoms with E-state index in [9.17, 15) is 4.79 Å². The summed E-state index contributed by atoms with van der Waals surface area (Å²) in [6.45, 7) is 2.83. The van der Waals surface area contributed by atoms with Crippen LogP contribution in [-0.4, -0.2) is 17.6 Å². The third-order valence-corrected chi connectivity index (χ3v) is 3.71. The number of hydrogen-bond acceptors (Lipinski definition) is 3. The van der Waals surface area contributed by atoms with Gasteiger partial charge < -0.3 is 14.8 Å². The van der Waals surface area contributed by atoms with Crippen molar-refractivity contribution in [2.75, 3.05) is 6.54 Å². The molecule has 2 rings (SSSR count). The van der Waals surface area contributed by atoms with Crippen LogP contribution in [0.15, 0.2) is 23.0 Å². The standard InChI is InChI=1S/C13H19NO3/c1-9(11-5-6-17-8-11)14-7-10-3-2-4-12(10)13(15)16/h5-6,8-10,12,14H,2-4,7H2,1H3,(H,15,16). The Kier molecular flexibility index (Phi) is 3.84. The van der Waals surface area contributed by atoms with E-state index in [0.717, 1.165) is 31.4 Å². The quantitative estimate of drug-likeness (QED) is 0.825. The zero-order chi connectivity index (χ0) is 12.3. The molecular weight excluding hydrogens is 218 g/mol. The van der Waals surface area contributed by atoms with Crippen LogP contribution in [0, 0.1) is 11.8 Å². The zero-order valence-corrected chi connectivity index (χ0v) is 10.1. The van der Waals surface area contributed by atoms with Gasteiger partial charge in [-0.25, -0.2) is 0 Å². The molecule has 1 heterocycles. The molecule has 1 aliphatic rings. The van der Waals surface area contributed by atoms with Crippen LogP contribution in [0.5, 0.6) is 0 Å². The van der Waals surface area contributed by atoms with Gasteiger partial charge >= 0.3 is 5.97 Å². The second-order valence-corrected chi connectivity index (χ2v) is 4.82. The highest BCUT2D eigenvalue weighted by molar-refractivity contribution is 5.70. The summed E-state index contributed by atoms with van der Waals surface area (Å²) in [7, 11) is 0. The van der Waals surface area contributed by atoms with Crippen molar-refractivity contribution >= 4 is 5.97 Å². The third-order valence-electron chi connectivity index (χ3n) is 3.71. The minimum atomic E-state index is -0.648. The molecule has 1 aromatic heterocycles. The van der Waals surface area contributed by atoms with Crippen LogP contribution in [0.1, 0.15) is 37.8 Å². The summed E-state index contributed by atoms with van der Waals surface area (Å²) in [4.78, 5) is 11.0. The molecule has 0 spiro atoms. The van der Waals surface area contributed by atoms with E-state index >= 15 is 0 Å². The molecule has 2 N–H and O–H groups in total. The van der Waals surface area contributed by atoms with E-state index in [1.54, 1.807) is 12.5 Å². The number of carboxylic acids is 1. The molecule has 17 heavy (non-hydrogen) atoms. The van der Waals surface area contributed by atoms with Gasteiger partial charge in [-0.05, 0) is 38.3 Å². The van der Waals surface area contributed by atoms with Gasteiger partial charge in [-0.1, -0.05) is 6.42 Å². The Labute approximate surface area is 101 Å². The summed E-state index contributed by atoms with van der Waals surface area (Å²) < 4.78 is 5.03. The molecule has 0 saturated heterocycles. The van der Waals surface area contributed by atoms with Crippen molar-refractivity contribution < 1.29 is 14.3 Å². The van der Waals surface area contributed by atoms with Crippen molar-refractivity contribution in [3.8, 4) is 0 Å². The fourth-order valence-electron chi connectivity index (χ4n) is 2.57. The lowest BCUT2D eigenvalue weighted by Crippen LogP contribution is -2.30. The van der Waals surface area contributed by atoms with Crippen molar-refractivity contribution in [1.29, 1.82) is 0 Å². The summed E-state index contributed by atoms with van der Waals surface area (Å²) in [6, 6.07) is 2.14. The molecule has 1 aliphatic carbocycles. The molecule has 0 aliphatic heterocycles. The summed E-state index contributed by atoms with van der Waals surface area (Å²) in [5.41, 5.74) is 1.11. The van der Waals surface area contributed by atoms with Gasteiger partial charge in [0.25, 0.3) is 0 Å². The van der Waals surface area contributed by atoms with Crippen molar-refractivity contribution in [1.82, 2.24) is 5.32 Å². The number of aliphatic carboxylic acids is 1. The first kappa shape index (κ1) is 12.2. The SMILES string of the molecule is CC(NCC1CCCC1C(=O)O)c1ccoc1. The maximum absolute atomic E-state index is 11.0. The lowest BCUT2D eigenvalue weighted by Gasteiger charge is -2.19. The first-order valence-corrected chi connectivity index (χ1v) is 6.16. The van der Waals surface area contributed by atoms with Gasteiger partial charge in [0, 0.05) is 11.6 Å². The zero-order valence-electron chi connectivity index (χ0n) is 10.1. The number of nitrogens with one attached hydrogen (secondary N) is 1. The molecule has 94 valence electrons. The molecule has 0 amide bonds.